The fourth-order valence-corrected chi connectivity index (χ4v) is 1.66. The summed E-state index contributed by atoms with van der Waals surface area (Å²) in [6.45, 7) is 0. The van der Waals surface area contributed by atoms with Crippen LogP contribution in [0.4, 0.5) is 0 Å². The number of nitrogens with zero attached hydrogens (tertiary/aromatic N) is 4. The molecule has 0 unspecified atom stereocenters. The van der Waals surface area contributed by atoms with E-state index in [1.165, 1.54) is 16.5 Å². The predicted molar refractivity (Wildman–Crippen MR) is 56.7 cm³/mol. The second-order valence-corrected chi connectivity index (χ2v) is 3.22. The Hall–Kier alpha value is -2.23. The third-order valence-electron chi connectivity index (χ3n) is 2.33. The van der Waals surface area contributed by atoms with E-state index in [0.717, 1.165) is 11.1 Å². The molecule has 0 bridgehead atoms. The topological polar surface area (TPSA) is 43.6 Å². The molecule has 3 aromatic rings. The maximum atomic E-state index is 4.03. The first kappa shape index (κ1) is 8.11. The van der Waals surface area contributed by atoms with Crippen molar-refractivity contribution < 1.29 is 0 Å². The minimum Gasteiger partial charge on any atom is -0.135 e. The molecule has 3 rings (SSSR count). The molecule has 15 heavy (non-hydrogen) atoms. The molecule has 4 nitrogen and oxygen atoms in total. The zero-order valence-electron chi connectivity index (χ0n) is 7.91. The Kier molecular flexibility index (Phi) is 1.71. The molecule has 0 spiro atoms. The molecule has 0 N–H and O–H groups in total. The van der Waals surface area contributed by atoms with Crippen LogP contribution in [0.3, 0.4) is 0 Å². The van der Waals surface area contributed by atoms with Gasteiger partial charge in [0.2, 0.25) is 0 Å². The summed E-state index contributed by atoms with van der Waals surface area (Å²) in [6, 6.07) is 14.2. The van der Waals surface area contributed by atoms with Gasteiger partial charge in [0.25, 0.3) is 0 Å². The molecular weight excluding hydrogens is 188 g/mol. The molecule has 0 saturated carbocycles. The summed E-state index contributed by atoms with van der Waals surface area (Å²) < 4.78 is 0. The Morgan fingerprint density at radius 2 is 1.80 bits per heavy atom. The summed E-state index contributed by atoms with van der Waals surface area (Å²) in [6.07, 6.45) is 1.43. The highest BCUT2D eigenvalue weighted by Crippen LogP contribution is 2.20. The lowest BCUT2D eigenvalue weighted by Gasteiger charge is -2.03. The summed E-state index contributed by atoms with van der Waals surface area (Å²) in [4.78, 5) is 1.53. The highest BCUT2D eigenvalue weighted by atomic mass is 15.6. The number of rotatable bonds is 1. The second-order valence-electron chi connectivity index (χ2n) is 3.22. The Labute approximate surface area is 86.2 Å². The average Bonchev–Trinajstić information content (AvgIpc) is 2.82. The summed E-state index contributed by atoms with van der Waals surface area (Å²) in [5.41, 5.74) is 0.950. The van der Waals surface area contributed by atoms with Crippen molar-refractivity contribution in [1.29, 1.82) is 0 Å². The van der Waals surface area contributed by atoms with Gasteiger partial charge in [0.15, 0.2) is 6.33 Å². The third kappa shape index (κ3) is 1.27. The van der Waals surface area contributed by atoms with Crippen LogP contribution in [0.25, 0.3) is 16.5 Å². The molecule has 72 valence electrons. The fraction of sp³-hybridized carbons (Fsp3) is 0. The number of fused-ring (bicyclic) bond motifs is 1. The van der Waals surface area contributed by atoms with Crippen LogP contribution in [0.15, 0.2) is 48.8 Å². The highest BCUT2D eigenvalue weighted by molar-refractivity contribution is 5.89. The summed E-state index contributed by atoms with van der Waals surface area (Å²) in [5.74, 6) is 0. The largest absolute Gasteiger partial charge is 0.162 e. The van der Waals surface area contributed by atoms with Gasteiger partial charge in [0.05, 0.1) is 5.69 Å². The molecular formula is C11H8N4. The van der Waals surface area contributed by atoms with Gasteiger partial charge < -0.3 is 0 Å². The van der Waals surface area contributed by atoms with Gasteiger partial charge in [-0.25, -0.2) is 0 Å². The predicted octanol–water partition coefficient (Wildman–Crippen LogP) is 1.82. The number of hydrogen-bond donors (Lipinski definition) is 0. The van der Waals surface area contributed by atoms with E-state index in [4.69, 9.17) is 0 Å². The van der Waals surface area contributed by atoms with Gasteiger partial charge in [-0.2, -0.15) is 0 Å². The molecule has 0 aliphatic carbocycles. The molecule has 0 aliphatic rings. The Morgan fingerprint density at radius 3 is 2.67 bits per heavy atom. The van der Waals surface area contributed by atoms with E-state index in [9.17, 15) is 0 Å². The quantitative estimate of drug-likeness (QED) is 0.596. The maximum Gasteiger partial charge on any atom is 0.162 e. The number of benzene rings is 2. The van der Waals surface area contributed by atoms with Crippen molar-refractivity contribution in [2.75, 3.05) is 0 Å². The van der Waals surface area contributed by atoms with Crippen molar-refractivity contribution in [3.05, 3.63) is 48.8 Å². The third-order valence-corrected chi connectivity index (χ3v) is 2.33. The number of aromatic nitrogens is 4. The van der Waals surface area contributed by atoms with E-state index in [0.29, 0.717) is 0 Å². The SMILES string of the molecule is c1ccc2c(-n3ncnn3)cccc2c1. The lowest BCUT2D eigenvalue weighted by molar-refractivity contribution is 0.724. The highest BCUT2D eigenvalue weighted by Gasteiger charge is 2.02. The van der Waals surface area contributed by atoms with E-state index in [2.05, 4.69) is 27.5 Å². The fourth-order valence-electron chi connectivity index (χ4n) is 1.66. The lowest BCUT2D eigenvalue weighted by atomic mass is 10.1. The van der Waals surface area contributed by atoms with E-state index < -0.39 is 0 Å². The minimum atomic E-state index is 0.950. The molecule has 0 saturated heterocycles. The molecule has 4 heteroatoms. The molecule has 2 aromatic carbocycles. The van der Waals surface area contributed by atoms with Crippen molar-refractivity contribution in [3.63, 3.8) is 0 Å². The van der Waals surface area contributed by atoms with Crippen LogP contribution in [0.1, 0.15) is 0 Å². The number of tetrazole rings is 1. The average molecular weight is 196 g/mol. The van der Waals surface area contributed by atoms with Gasteiger partial charge in [-0.3, -0.25) is 0 Å². The van der Waals surface area contributed by atoms with Gasteiger partial charge in [-0.05, 0) is 16.7 Å². The first-order chi connectivity index (χ1) is 7.45. The van der Waals surface area contributed by atoms with Crippen LogP contribution in [0, 0.1) is 0 Å². The maximum absolute atomic E-state index is 4.03. The van der Waals surface area contributed by atoms with E-state index in [-0.39, 0.29) is 0 Å². The van der Waals surface area contributed by atoms with Crippen LogP contribution in [-0.4, -0.2) is 20.2 Å². The zero-order chi connectivity index (χ0) is 10.1. The smallest absolute Gasteiger partial charge is 0.135 e. The summed E-state index contributed by atoms with van der Waals surface area (Å²) >= 11 is 0. The molecule has 0 fully saturated rings. The molecule has 0 atom stereocenters. The van der Waals surface area contributed by atoms with Crippen molar-refractivity contribution in [1.82, 2.24) is 20.2 Å². The van der Waals surface area contributed by atoms with Crippen molar-refractivity contribution >= 4 is 10.8 Å². The Morgan fingerprint density at radius 1 is 0.933 bits per heavy atom. The first-order valence-corrected chi connectivity index (χ1v) is 4.66. The van der Waals surface area contributed by atoms with Crippen molar-refractivity contribution in [2.24, 2.45) is 0 Å². The molecule has 1 heterocycles. The van der Waals surface area contributed by atoms with Crippen LogP contribution in [-0.2, 0) is 0 Å². The van der Waals surface area contributed by atoms with Crippen molar-refractivity contribution in [2.45, 2.75) is 0 Å². The molecule has 0 aliphatic heterocycles. The van der Waals surface area contributed by atoms with Gasteiger partial charge in [-0.1, -0.05) is 36.4 Å². The lowest BCUT2D eigenvalue weighted by Crippen LogP contribution is -1.99. The second kappa shape index (κ2) is 3.16. The summed E-state index contributed by atoms with van der Waals surface area (Å²) in [7, 11) is 0. The molecule has 1 aromatic heterocycles. The van der Waals surface area contributed by atoms with Gasteiger partial charge in [0, 0.05) is 5.39 Å². The van der Waals surface area contributed by atoms with Crippen LogP contribution < -0.4 is 0 Å². The first-order valence-electron chi connectivity index (χ1n) is 4.66. The molecule has 0 radical (unpaired) electrons. The van der Waals surface area contributed by atoms with Crippen LogP contribution in [0.2, 0.25) is 0 Å². The molecule has 0 amide bonds. The van der Waals surface area contributed by atoms with Crippen LogP contribution in [0.5, 0.6) is 0 Å². The Balaban J connectivity index is 2.36. The van der Waals surface area contributed by atoms with Crippen LogP contribution >= 0.6 is 0 Å². The van der Waals surface area contributed by atoms with Crippen molar-refractivity contribution in [3.8, 4) is 5.69 Å². The monoisotopic (exact) mass is 196 g/mol. The van der Waals surface area contributed by atoms with E-state index in [1.807, 2.05) is 30.3 Å². The van der Waals surface area contributed by atoms with Gasteiger partial charge in [0.1, 0.15) is 0 Å². The summed E-state index contributed by atoms with van der Waals surface area (Å²) in [5, 5.41) is 13.9. The standard InChI is InChI=1S/C11H8N4/c1-2-6-10-9(4-1)5-3-7-11(10)15-13-8-12-14-15/h1-8H. The van der Waals surface area contributed by atoms with E-state index >= 15 is 0 Å². The van der Waals surface area contributed by atoms with Gasteiger partial charge >= 0.3 is 0 Å². The normalized spacial score (nSPS) is 10.7. The van der Waals surface area contributed by atoms with Gasteiger partial charge in [-0.15, -0.1) is 15.0 Å². The number of hydrogen-bond acceptors (Lipinski definition) is 3. The Bertz CT molecular complexity index is 581. The zero-order valence-corrected chi connectivity index (χ0v) is 7.91. The minimum absolute atomic E-state index is 0.950. The van der Waals surface area contributed by atoms with E-state index in [1.54, 1.807) is 0 Å².